The molecule has 2 N–H and O–H groups in total. The van der Waals surface area contributed by atoms with Gasteiger partial charge in [0.15, 0.2) is 5.96 Å². The lowest BCUT2D eigenvalue weighted by atomic mass is 9.98. The number of amides is 1. The average molecular weight is 405 g/mol. The molecule has 1 aliphatic rings. The predicted octanol–water partition coefficient (Wildman–Crippen LogP) is 2.56. The van der Waals surface area contributed by atoms with Crippen LogP contribution in [0.2, 0.25) is 0 Å². The molecule has 0 saturated heterocycles. The number of methoxy groups -OCH3 is 1. The number of aliphatic imine (C=N–C) groups is 1. The first-order chi connectivity index (χ1) is 14.1. The summed E-state index contributed by atoms with van der Waals surface area (Å²) < 4.78 is 11.2. The van der Waals surface area contributed by atoms with Crippen molar-refractivity contribution in [3.63, 3.8) is 0 Å². The molecule has 1 aliphatic carbocycles. The van der Waals surface area contributed by atoms with Crippen molar-refractivity contribution >= 4 is 11.9 Å². The van der Waals surface area contributed by atoms with Gasteiger partial charge in [0.1, 0.15) is 5.75 Å². The Hall–Kier alpha value is -2.28. The van der Waals surface area contributed by atoms with E-state index in [1.807, 2.05) is 24.3 Å². The van der Waals surface area contributed by atoms with Gasteiger partial charge in [-0.1, -0.05) is 31.4 Å². The molecule has 0 spiro atoms. The van der Waals surface area contributed by atoms with E-state index in [0.717, 1.165) is 30.9 Å². The molecule has 0 bridgehead atoms. The van der Waals surface area contributed by atoms with Gasteiger partial charge in [0.2, 0.25) is 5.91 Å². The molecular weight excluding hydrogens is 368 g/mol. The lowest BCUT2D eigenvalue weighted by molar-refractivity contribution is -0.127. The topological polar surface area (TPSA) is 75.2 Å². The lowest BCUT2D eigenvalue weighted by Crippen LogP contribution is -2.43. The summed E-state index contributed by atoms with van der Waals surface area (Å²) in [6, 6.07) is 7.82. The molecule has 0 aliphatic heterocycles. The maximum Gasteiger partial charge on any atom is 0.241 e. The van der Waals surface area contributed by atoms with Gasteiger partial charge < -0.3 is 25.0 Å². The van der Waals surface area contributed by atoms with Crippen molar-refractivity contribution in [2.75, 3.05) is 40.9 Å². The molecule has 7 nitrogen and oxygen atoms in total. The van der Waals surface area contributed by atoms with Gasteiger partial charge in [-0.3, -0.25) is 4.79 Å². The first-order valence-electron chi connectivity index (χ1n) is 10.6. The molecule has 1 aromatic rings. The van der Waals surface area contributed by atoms with Gasteiger partial charge in [-0.2, -0.15) is 0 Å². The van der Waals surface area contributed by atoms with E-state index in [-0.39, 0.29) is 12.5 Å². The maximum absolute atomic E-state index is 11.9. The minimum absolute atomic E-state index is 0.00424. The van der Waals surface area contributed by atoms with Crippen molar-refractivity contribution < 1.29 is 14.3 Å². The predicted molar refractivity (Wildman–Crippen MR) is 116 cm³/mol. The fraction of sp³-hybridized carbons (Fsp3) is 0.636. The highest BCUT2D eigenvalue weighted by molar-refractivity contribution is 5.86. The highest BCUT2D eigenvalue weighted by atomic mass is 16.5. The third-order valence-electron chi connectivity index (χ3n) is 5.00. The molecule has 162 valence electrons. The highest BCUT2D eigenvalue weighted by Gasteiger charge is 2.13. The quantitative estimate of drug-likeness (QED) is 0.356. The zero-order valence-electron chi connectivity index (χ0n) is 18.1. The smallest absolute Gasteiger partial charge is 0.241 e. The van der Waals surface area contributed by atoms with Crippen molar-refractivity contribution in [2.45, 2.75) is 51.2 Å². The average Bonchev–Trinajstić information content (AvgIpc) is 2.75. The summed E-state index contributed by atoms with van der Waals surface area (Å²) in [5, 5.41) is 6.42. The van der Waals surface area contributed by atoms with E-state index in [0.29, 0.717) is 18.6 Å². The third kappa shape index (κ3) is 9.17. The van der Waals surface area contributed by atoms with Crippen molar-refractivity contribution in [3.8, 4) is 5.75 Å². The van der Waals surface area contributed by atoms with E-state index in [2.05, 4.69) is 15.6 Å². The number of carbonyl (C=O) groups excluding carboxylic acids is 1. The van der Waals surface area contributed by atoms with Crippen LogP contribution in [0.25, 0.3) is 0 Å². The monoisotopic (exact) mass is 404 g/mol. The SMILES string of the molecule is COc1ccc(CN=C(NCCCOC2CCCCC2)NCC(=O)N(C)C)cc1. The van der Waals surface area contributed by atoms with Gasteiger partial charge in [-0.25, -0.2) is 4.99 Å². The van der Waals surface area contributed by atoms with Crippen LogP contribution in [0, 0.1) is 0 Å². The second kappa shape index (κ2) is 13.0. The van der Waals surface area contributed by atoms with Gasteiger partial charge in [0.25, 0.3) is 0 Å². The van der Waals surface area contributed by atoms with Crippen LogP contribution in [0.5, 0.6) is 5.75 Å². The van der Waals surface area contributed by atoms with Crippen LogP contribution in [0.3, 0.4) is 0 Å². The van der Waals surface area contributed by atoms with Crippen molar-refractivity contribution in [3.05, 3.63) is 29.8 Å². The molecule has 1 amide bonds. The Bertz CT molecular complexity index is 625. The number of benzene rings is 1. The summed E-state index contributed by atoms with van der Waals surface area (Å²) >= 11 is 0. The number of hydrogen-bond acceptors (Lipinski definition) is 4. The molecule has 0 aromatic heterocycles. The maximum atomic E-state index is 11.9. The number of ether oxygens (including phenoxy) is 2. The summed E-state index contributed by atoms with van der Waals surface area (Å²) in [7, 11) is 5.14. The Kier molecular flexibility index (Phi) is 10.3. The minimum atomic E-state index is 0.00424. The normalized spacial score (nSPS) is 15.1. The van der Waals surface area contributed by atoms with Crippen LogP contribution >= 0.6 is 0 Å². The fourth-order valence-electron chi connectivity index (χ4n) is 3.15. The standard InChI is InChI=1S/C22H36N4O3/c1-26(2)21(27)17-25-22(24-16-18-10-12-19(28-3)13-11-18)23-14-7-15-29-20-8-5-4-6-9-20/h10-13,20H,4-9,14-17H2,1-3H3,(H2,23,24,25). The zero-order valence-corrected chi connectivity index (χ0v) is 18.1. The first kappa shape index (κ1) is 23.0. The molecule has 0 unspecified atom stereocenters. The summed E-state index contributed by atoms with van der Waals surface area (Å²) in [5.41, 5.74) is 1.08. The summed E-state index contributed by atoms with van der Waals surface area (Å²) in [6.45, 7) is 2.23. The van der Waals surface area contributed by atoms with E-state index in [1.54, 1.807) is 26.1 Å². The van der Waals surface area contributed by atoms with Crippen LogP contribution in [-0.2, 0) is 16.1 Å². The van der Waals surface area contributed by atoms with Crippen molar-refractivity contribution in [1.82, 2.24) is 15.5 Å². The van der Waals surface area contributed by atoms with Crippen LogP contribution in [-0.4, -0.2) is 63.8 Å². The second-order valence-corrected chi connectivity index (χ2v) is 7.57. The molecule has 1 aromatic carbocycles. The van der Waals surface area contributed by atoms with E-state index in [1.165, 1.54) is 32.1 Å². The Balaban J connectivity index is 1.79. The number of hydrogen-bond donors (Lipinski definition) is 2. The number of carbonyl (C=O) groups is 1. The van der Waals surface area contributed by atoms with Crippen LogP contribution in [0.1, 0.15) is 44.1 Å². The largest absolute Gasteiger partial charge is 0.497 e. The third-order valence-corrected chi connectivity index (χ3v) is 5.00. The number of guanidine groups is 1. The number of rotatable bonds is 10. The first-order valence-corrected chi connectivity index (χ1v) is 10.6. The Morgan fingerprint density at radius 1 is 1.14 bits per heavy atom. The minimum Gasteiger partial charge on any atom is -0.497 e. The Morgan fingerprint density at radius 2 is 1.86 bits per heavy atom. The Labute approximate surface area is 174 Å². The fourth-order valence-corrected chi connectivity index (χ4v) is 3.15. The molecule has 7 heteroatoms. The second-order valence-electron chi connectivity index (χ2n) is 7.57. The van der Waals surface area contributed by atoms with E-state index in [4.69, 9.17) is 9.47 Å². The number of likely N-dealkylation sites (N-methyl/N-ethyl adjacent to an activating group) is 1. The van der Waals surface area contributed by atoms with Crippen molar-refractivity contribution in [2.24, 2.45) is 4.99 Å². The number of nitrogens with one attached hydrogen (secondary N) is 2. The molecule has 2 rings (SSSR count). The Morgan fingerprint density at radius 3 is 2.52 bits per heavy atom. The molecule has 1 fully saturated rings. The number of nitrogens with zero attached hydrogens (tertiary/aromatic N) is 2. The van der Waals surface area contributed by atoms with E-state index < -0.39 is 0 Å². The van der Waals surface area contributed by atoms with Gasteiger partial charge in [-0.15, -0.1) is 0 Å². The molecule has 0 atom stereocenters. The van der Waals surface area contributed by atoms with E-state index >= 15 is 0 Å². The van der Waals surface area contributed by atoms with E-state index in [9.17, 15) is 4.79 Å². The summed E-state index contributed by atoms with van der Waals surface area (Å²) in [6.07, 6.45) is 7.63. The van der Waals surface area contributed by atoms with Gasteiger partial charge >= 0.3 is 0 Å². The van der Waals surface area contributed by atoms with Crippen LogP contribution in [0.15, 0.2) is 29.3 Å². The van der Waals surface area contributed by atoms with Gasteiger partial charge in [0.05, 0.1) is 26.3 Å². The summed E-state index contributed by atoms with van der Waals surface area (Å²) in [5.74, 6) is 1.46. The highest BCUT2D eigenvalue weighted by Crippen LogP contribution is 2.20. The molecule has 0 heterocycles. The molecule has 0 radical (unpaired) electrons. The molecule has 29 heavy (non-hydrogen) atoms. The molecular formula is C22H36N4O3. The summed E-state index contributed by atoms with van der Waals surface area (Å²) in [4.78, 5) is 18.1. The van der Waals surface area contributed by atoms with Crippen LogP contribution < -0.4 is 15.4 Å². The van der Waals surface area contributed by atoms with Gasteiger partial charge in [0, 0.05) is 27.2 Å². The van der Waals surface area contributed by atoms with Gasteiger partial charge in [-0.05, 0) is 37.0 Å². The van der Waals surface area contributed by atoms with Crippen LogP contribution in [0.4, 0.5) is 0 Å². The lowest BCUT2D eigenvalue weighted by Gasteiger charge is -2.22. The zero-order chi connectivity index (χ0) is 20.9. The van der Waals surface area contributed by atoms with Crippen molar-refractivity contribution in [1.29, 1.82) is 0 Å². The molecule has 1 saturated carbocycles.